The number of nitrogens with two attached hydrogens (primary N) is 1. The molecule has 0 aliphatic heterocycles. The normalized spacial score (nSPS) is 14.9. The molecule has 0 aromatic rings. The van der Waals surface area contributed by atoms with E-state index in [2.05, 4.69) is 12.2 Å². The smallest absolute Gasteiger partial charge is 0.234 e. The highest BCUT2D eigenvalue weighted by molar-refractivity contribution is 5.79. The predicted octanol–water partition coefficient (Wildman–Crippen LogP) is 0.639. The number of hydrogen-bond acceptors (Lipinski definition) is 3. The zero-order valence-corrected chi connectivity index (χ0v) is 9.83. The molecule has 0 aliphatic carbocycles. The van der Waals surface area contributed by atoms with Crippen LogP contribution in [0.3, 0.4) is 0 Å². The molecule has 0 bridgehead atoms. The van der Waals surface area contributed by atoms with E-state index in [4.69, 9.17) is 10.8 Å². The Kier molecular flexibility index (Phi) is 8.33. The third-order valence-electron chi connectivity index (χ3n) is 2.64. The summed E-state index contributed by atoms with van der Waals surface area (Å²) in [4.78, 5) is 11.0. The lowest BCUT2D eigenvalue weighted by molar-refractivity contribution is -0.120. The molecule has 15 heavy (non-hydrogen) atoms. The third kappa shape index (κ3) is 6.47. The molecule has 0 radical (unpaired) electrons. The molecule has 1 amide bonds. The van der Waals surface area contributed by atoms with Gasteiger partial charge in [-0.2, -0.15) is 0 Å². The van der Waals surface area contributed by atoms with Gasteiger partial charge in [0, 0.05) is 6.61 Å². The lowest BCUT2D eigenvalue weighted by Gasteiger charge is -2.19. The second kappa shape index (κ2) is 8.68. The monoisotopic (exact) mass is 216 g/mol. The summed E-state index contributed by atoms with van der Waals surface area (Å²) in [5.41, 5.74) is 5.23. The number of primary amides is 1. The van der Waals surface area contributed by atoms with Crippen molar-refractivity contribution in [2.75, 3.05) is 13.2 Å². The van der Waals surface area contributed by atoms with Gasteiger partial charge in [0.05, 0.1) is 6.04 Å². The Morgan fingerprint density at radius 2 is 2.07 bits per heavy atom. The van der Waals surface area contributed by atoms with Crippen LogP contribution in [-0.2, 0) is 4.79 Å². The maximum Gasteiger partial charge on any atom is 0.234 e. The van der Waals surface area contributed by atoms with E-state index in [9.17, 15) is 4.79 Å². The predicted molar refractivity (Wildman–Crippen MR) is 61.4 cm³/mol. The SMILES string of the molecule is CCCC(CCO)CN[C@@H](CC)C(N)=O. The number of hydrogen-bond donors (Lipinski definition) is 3. The van der Waals surface area contributed by atoms with Crippen molar-refractivity contribution in [3.63, 3.8) is 0 Å². The molecule has 4 nitrogen and oxygen atoms in total. The Labute approximate surface area is 92.2 Å². The molecular weight excluding hydrogens is 192 g/mol. The van der Waals surface area contributed by atoms with Crippen LogP contribution < -0.4 is 11.1 Å². The lowest BCUT2D eigenvalue weighted by Crippen LogP contribution is -2.42. The van der Waals surface area contributed by atoms with Gasteiger partial charge in [-0.15, -0.1) is 0 Å². The van der Waals surface area contributed by atoms with Gasteiger partial charge in [-0.1, -0.05) is 20.3 Å². The summed E-state index contributed by atoms with van der Waals surface area (Å²) in [7, 11) is 0. The highest BCUT2D eigenvalue weighted by Crippen LogP contribution is 2.09. The van der Waals surface area contributed by atoms with E-state index in [-0.39, 0.29) is 18.6 Å². The van der Waals surface area contributed by atoms with Crippen LogP contribution in [0, 0.1) is 5.92 Å². The number of rotatable bonds is 9. The second-order valence-electron chi connectivity index (χ2n) is 3.94. The Morgan fingerprint density at radius 1 is 1.40 bits per heavy atom. The van der Waals surface area contributed by atoms with Crippen molar-refractivity contribution in [1.29, 1.82) is 0 Å². The average Bonchev–Trinajstić information content (AvgIpc) is 2.18. The minimum atomic E-state index is -0.295. The third-order valence-corrected chi connectivity index (χ3v) is 2.64. The molecule has 0 rings (SSSR count). The molecule has 2 atom stereocenters. The van der Waals surface area contributed by atoms with Gasteiger partial charge >= 0.3 is 0 Å². The largest absolute Gasteiger partial charge is 0.396 e. The van der Waals surface area contributed by atoms with Crippen LogP contribution in [0.5, 0.6) is 0 Å². The molecule has 0 saturated carbocycles. The van der Waals surface area contributed by atoms with Crippen LogP contribution in [-0.4, -0.2) is 30.2 Å². The lowest BCUT2D eigenvalue weighted by atomic mass is 9.99. The fraction of sp³-hybridized carbons (Fsp3) is 0.909. The van der Waals surface area contributed by atoms with Gasteiger partial charge in [-0.3, -0.25) is 4.79 Å². The van der Waals surface area contributed by atoms with Gasteiger partial charge in [-0.05, 0) is 31.7 Å². The molecule has 4 heteroatoms. The Morgan fingerprint density at radius 3 is 2.47 bits per heavy atom. The van der Waals surface area contributed by atoms with Gasteiger partial charge < -0.3 is 16.2 Å². The van der Waals surface area contributed by atoms with Crippen LogP contribution in [0.2, 0.25) is 0 Å². The molecule has 0 aromatic carbocycles. The van der Waals surface area contributed by atoms with Crippen molar-refractivity contribution in [3.05, 3.63) is 0 Å². The highest BCUT2D eigenvalue weighted by atomic mass is 16.3. The molecule has 0 saturated heterocycles. The van der Waals surface area contributed by atoms with Crippen LogP contribution in [0.4, 0.5) is 0 Å². The van der Waals surface area contributed by atoms with E-state index in [1.807, 2.05) is 6.92 Å². The van der Waals surface area contributed by atoms with Crippen molar-refractivity contribution in [1.82, 2.24) is 5.32 Å². The van der Waals surface area contributed by atoms with Crippen LogP contribution in [0.15, 0.2) is 0 Å². The summed E-state index contributed by atoms with van der Waals surface area (Å²) in [6.45, 7) is 5.02. The summed E-state index contributed by atoms with van der Waals surface area (Å²) in [5, 5.41) is 12.0. The van der Waals surface area contributed by atoms with E-state index < -0.39 is 0 Å². The molecule has 0 aliphatic rings. The zero-order valence-electron chi connectivity index (χ0n) is 9.83. The van der Waals surface area contributed by atoms with Crippen molar-refractivity contribution >= 4 is 5.91 Å². The van der Waals surface area contributed by atoms with E-state index in [1.165, 1.54) is 0 Å². The van der Waals surface area contributed by atoms with Crippen LogP contribution >= 0.6 is 0 Å². The van der Waals surface area contributed by atoms with Crippen molar-refractivity contribution in [3.8, 4) is 0 Å². The standard InChI is InChI=1S/C11H24N2O2/c1-3-5-9(6-7-14)8-13-10(4-2)11(12)15/h9-10,13-14H,3-8H2,1-2H3,(H2,12,15)/t9?,10-/m0/s1. The second-order valence-corrected chi connectivity index (χ2v) is 3.94. The molecule has 0 spiro atoms. The Bertz CT molecular complexity index is 168. The molecule has 0 fully saturated rings. The zero-order chi connectivity index (χ0) is 11.7. The maximum absolute atomic E-state index is 11.0. The summed E-state index contributed by atoms with van der Waals surface area (Å²) in [5.74, 6) is 0.144. The number of carbonyl (C=O) groups excluding carboxylic acids is 1. The van der Waals surface area contributed by atoms with Crippen molar-refractivity contribution in [2.24, 2.45) is 11.7 Å². The van der Waals surface area contributed by atoms with Crippen molar-refractivity contribution in [2.45, 2.75) is 45.6 Å². The van der Waals surface area contributed by atoms with Crippen molar-refractivity contribution < 1.29 is 9.90 Å². The molecule has 0 heterocycles. The first kappa shape index (κ1) is 14.4. The minimum absolute atomic E-state index is 0.208. The summed E-state index contributed by atoms with van der Waals surface area (Å²) in [6, 6.07) is -0.233. The fourth-order valence-electron chi connectivity index (χ4n) is 1.69. The molecule has 0 aromatic heterocycles. The van der Waals surface area contributed by atoms with Crippen LogP contribution in [0.25, 0.3) is 0 Å². The fourth-order valence-corrected chi connectivity index (χ4v) is 1.69. The topological polar surface area (TPSA) is 75.3 Å². The first-order valence-corrected chi connectivity index (χ1v) is 5.79. The van der Waals surface area contributed by atoms with E-state index in [1.54, 1.807) is 0 Å². The summed E-state index contributed by atoms with van der Waals surface area (Å²) >= 11 is 0. The molecule has 1 unspecified atom stereocenters. The quantitative estimate of drug-likeness (QED) is 0.529. The molecule has 90 valence electrons. The van der Waals surface area contributed by atoms with E-state index >= 15 is 0 Å². The molecular formula is C11H24N2O2. The Balaban J connectivity index is 3.89. The molecule has 4 N–H and O–H groups in total. The number of carbonyl (C=O) groups is 1. The first-order chi connectivity index (χ1) is 7.15. The first-order valence-electron chi connectivity index (χ1n) is 5.79. The number of aliphatic hydroxyl groups excluding tert-OH is 1. The summed E-state index contributed by atoms with van der Waals surface area (Å²) < 4.78 is 0. The van der Waals surface area contributed by atoms with E-state index in [0.29, 0.717) is 12.3 Å². The van der Waals surface area contributed by atoms with Gasteiger partial charge in [0.25, 0.3) is 0 Å². The van der Waals surface area contributed by atoms with Gasteiger partial charge in [0.1, 0.15) is 0 Å². The average molecular weight is 216 g/mol. The van der Waals surface area contributed by atoms with Gasteiger partial charge in [-0.25, -0.2) is 0 Å². The van der Waals surface area contributed by atoms with E-state index in [0.717, 1.165) is 25.8 Å². The number of aliphatic hydroxyl groups is 1. The number of nitrogens with one attached hydrogen (secondary N) is 1. The highest BCUT2D eigenvalue weighted by Gasteiger charge is 2.14. The van der Waals surface area contributed by atoms with Gasteiger partial charge in [0.15, 0.2) is 0 Å². The minimum Gasteiger partial charge on any atom is -0.396 e. The maximum atomic E-state index is 11.0. The van der Waals surface area contributed by atoms with Gasteiger partial charge in [0.2, 0.25) is 5.91 Å². The van der Waals surface area contributed by atoms with Crippen LogP contribution in [0.1, 0.15) is 39.5 Å². The Hall–Kier alpha value is -0.610. The number of amides is 1. The summed E-state index contributed by atoms with van der Waals surface area (Å²) in [6.07, 6.45) is 3.67.